The van der Waals surface area contributed by atoms with Gasteiger partial charge in [-0.15, -0.1) is 18.8 Å². The number of nitrogens with zero attached hydrogens (tertiary/aromatic N) is 2. The Morgan fingerprint density at radius 2 is 1.32 bits per heavy atom. The van der Waals surface area contributed by atoms with E-state index in [2.05, 4.69) is 14.4 Å². The van der Waals surface area contributed by atoms with Crippen molar-refractivity contribution < 1.29 is 28.0 Å². The van der Waals surface area contributed by atoms with Gasteiger partial charge in [0.1, 0.15) is 0 Å². The Morgan fingerprint density at radius 3 is 1.68 bits per heavy atom. The zero-order chi connectivity index (χ0) is 14.1. The number of nitrogens with one attached hydrogen (secondary N) is 1. The second-order valence-electron chi connectivity index (χ2n) is 3.98. The summed E-state index contributed by atoms with van der Waals surface area (Å²) in [5, 5.41) is 3.20. The van der Waals surface area contributed by atoms with Crippen molar-refractivity contribution in [2.75, 3.05) is 52.7 Å². The third-order valence-corrected chi connectivity index (χ3v) is 3.32. The first kappa shape index (κ1) is 17.0. The van der Waals surface area contributed by atoms with Crippen LogP contribution in [0.1, 0.15) is 0 Å². The van der Waals surface area contributed by atoms with Crippen LogP contribution in [0.15, 0.2) is 0 Å². The van der Waals surface area contributed by atoms with Crippen molar-refractivity contribution in [1.82, 2.24) is 15.1 Å². The SMILES string of the molecule is O=[P+](O)OCN1CCNCCN(CO[P+](=O)O)CC1. The Labute approximate surface area is 113 Å². The quantitative estimate of drug-likeness (QED) is 0.555. The molecule has 0 spiro atoms. The summed E-state index contributed by atoms with van der Waals surface area (Å²) in [6, 6.07) is 0. The van der Waals surface area contributed by atoms with Crippen LogP contribution in [0.4, 0.5) is 0 Å². The molecule has 0 aromatic rings. The summed E-state index contributed by atoms with van der Waals surface area (Å²) in [5.74, 6) is 0. The predicted octanol–water partition coefficient (Wildman–Crippen LogP) is -0.559. The van der Waals surface area contributed by atoms with Crippen LogP contribution >= 0.6 is 16.5 Å². The van der Waals surface area contributed by atoms with Crippen LogP contribution in [0.2, 0.25) is 0 Å². The van der Waals surface area contributed by atoms with Gasteiger partial charge in [0.15, 0.2) is 13.5 Å². The van der Waals surface area contributed by atoms with E-state index >= 15 is 0 Å². The fourth-order valence-electron chi connectivity index (χ4n) is 1.63. The van der Waals surface area contributed by atoms with E-state index in [1.54, 1.807) is 0 Å². The lowest BCUT2D eigenvalue weighted by Crippen LogP contribution is -2.37. The van der Waals surface area contributed by atoms with Crippen LogP contribution in [0.25, 0.3) is 0 Å². The predicted molar refractivity (Wildman–Crippen MR) is 67.6 cm³/mol. The van der Waals surface area contributed by atoms with Crippen LogP contribution in [-0.2, 0) is 18.2 Å². The summed E-state index contributed by atoms with van der Waals surface area (Å²) < 4.78 is 30.4. The van der Waals surface area contributed by atoms with Gasteiger partial charge in [-0.3, -0.25) is 9.80 Å². The molecule has 1 aliphatic rings. The molecule has 3 N–H and O–H groups in total. The summed E-state index contributed by atoms with van der Waals surface area (Å²) in [7, 11) is -5.19. The second-order valence-corrected chi connectivity index (χ2v) is 5.45. The fraction of sp³-hybridized carbons (Fsp3) is 1.00. The van der Waals surface area contributed by atoms with Crippen molar-refractivity contribution >= 4 is 16.5 Å². The normalized spacial score (nSPS) is 21.4. The fourth-order valence-corrected chi connectivity index (χ4v) is 2.15. The van der Waals surface area contributed by atoms with Crippen LogP contribution in [-0.4, -0.2) is 72.3 Å². The van der Waals surface area contributed by atoms with Gasteiger partial charge in [0.25, 0.3) is 0 Å². The van der Waals surface area contributed by atoms with E-state index in [9.17, 15) is 9.13 Å². The molecule has 19 heavy (non-hydrogen) atoms. The molecule has 1 heterocycles. The molecule has 110 valence electrons. The maximum Gasteiger partial charge on any atom is 0.696 e. The summed E-state index contributed by atoms with van der Waals surface area (Å²) in [5.41, 5.74) is 0. The maximum atomic E-state index is 10.5. The van der Waals surface area contributed by atoms with Crippen molar-refractivity contribution in [3.8, 4) is 0 Å². The molecule has 0 amide bonds. The van der Waals surface area contributed by atoms with E-state index in [-0.39, 0.29) is 13.5 Å². The lowest BCUT2D eigenvalue weighted by molar-refractivity contribution is 0.0862. The number of hydrogen-bond donors (Lipinski definition) is 3. The lowest BCUT2D eigenvalue weighted by Gasteiger charge is -2.21. The van der Waals surface area contributed by atoms with Crippen molar-refractivity contribution in [2.45, 2.75) is 0 Å². The Kier molecular flexibility index (Phi) is 8.72. The summed E-state index contributed by atoms with van der Waals surface area (Å²) in [4.78, 5) is 21.0. The molecule has 0 aromatic carbocycles. The van der Waals surface area contributed by atoms with Gasteiger partial charge in [0.2, 0.25) is 0 Å². The molecule has 2 atom stereocenters. The van der Waals surface area contributed by atoms with Gasteiger partial charge in [-0.1, -0.05) is 0 Å². The minimum atomic E-state index is -2.60. The smallest absolute Gasteiger partial charge is 0.314 e. The van der Waals surface area contributed by atoms with Gasteiger partial charge >= 0.3 is 16.5 Å². The van der Waals surface area contributed by atoms with Crippen LogP contribution in [0, 0.1) is 0 Å². The highest BCUT2D eigenvalue weighted by Gasteiger charge is 2.20. The van der Waals surface area contributed by atoms with Crippen LogP contribution in [0.5, 0.6) is 0 Å². The average Bonchev–Trinajstić information content (AvgIpc) is 2.46. The highest BCUT2D eigenvalue weighted by atomic mass is 31.1. The molecule has 1 saturated heterocycles. The first-order valence-corrected chi connectivity index (χ1v) is 8.07. The molecular weight excluding hydrogens is 296 g/mol. The molecule has 0 bridgehead atoms. The van der Waals surface area contributed by atoms with Gasteiger partial charge in [-0.05, 0) is 0 Å². The van der Waals surface area contributed by atoms with E-state index in [4.69, 9.17) is 9.79 Å². The first-order valence-electron chi connectivity index (χ1n) is 5.81. The molecule has 0 radical (unpaired) electrons. The highest BCUT2D eigenvalue weighted by Crippen LogP contribution is 2.16. The van der Waals surface area contributed by atoms with E-state index < -0.39 is 16.5 Å². The van der Waals surface area contributed by atoms with Crippen molar-refractivity contribution in [3.05, 3.63) is 0 Å². The molecule has 0 aromatic heterocycles. The lowest BCUT2D eigenvalue weighted by atomic mass is 10.4. The number of hydrogen-bond acceptors (Lipinski definition) is 7. The third kappa shape index (κ3) is 8.65. The van der Waals surface area contributed by atoms with Crippen molar-refractivity contribution in [1.29, 1.82) is 0 Å². The molecule has 9 nitrogen and oxygen atoms in total. The van der Waals surface area contributed by atoms with Crippen molar-refractivity contribution in [2.24, 2.45) is 0 Å². The standard InChI is InChI=1S/C8H17N3O6P2/c12-18(13)16-7-10-3-1-9-2-4-11(6-5-10)8-17-19(14)15/h9H,1-8H2/p+2. The molecule has 11 heteroatoms. The maximum absolute atomic E-state index is 10.5. The minimum absolute atomic E-state index is 0.0797. The molecule has 1 fully saturated rings. The monoisotopic (exact) mass is 315 g/mol. The van der Waals surface area contributed by atoms with E-state index in [1.807, 2.05) is 9.80 Å². The Morgan fingerprint density at radius 1 is 0.895 bits per heavy atom. The minimum Gasteiger partial charge on any atom is -0.314 e. The molecule has 1 rings (SSSR count). The van der Waals surface area contributed by atoms with Crippen LogP contribution < -0.4 is 5.32 Å². The highest BCUT2D eigenvalue weighted by molar-refractivity contribution is 7.32. The van der Waals surface area contributed by atoms with E-state index in [0.29, 0.717) is 26.2 Å². The van der Waals surface area contributed by atoms with Gasteiger partial charge in [-0.2, -0.15) is 0 Å². The van der Waals surface area contributed by atoms with Crippen molar-refractivity contribution in [3.63, 3.8) is 0 Å². The van der Waals surface area contributed by atoms with Gasteiger partial charge in [0, 0.05) is 48.4 Å². The Bertz CT molecular complexity index is 280. The summed E-state index contributed by atoms with van der Waals surface area (Å²) in [6.45, 7) is 4.29. The second kappa shape index (κ2) is 9.77. The summed E-state index contributed by atoms with van der Waals surface area (Å²) >= 11 is 0. The number of rotatable bonds is 6. The van der Waals surface area contributed by atoms with E-state index in [0.717, 1.165) is 13.1 Å². The summed E-state index contributed by atoms with van der Waals surface area (Å²) in [6.07, 6.45) is 0. The molecule has 2 unspecified atom stereocenters. The zero-order valence-electron chi connectivity index (χ0n) is 10.5. The molecule has 1 aliphatic heterocycles. The Balaban J connectivity index is 2.37. The van der Waals surface area contributed by atoms with Gasteiger partial charge < -0.3 is 5.32 Å². The first-order chi connectivity index (χ1) is 9.08. The average molecular weight is 315 g/mol. The van der Waals surface area contributed by atoms with Crippen LogP contribution in [0.3, 0.4) is 0 Å². The molecule has 0 saturated carbocycles. The zero-order valence-corrected chi connectivity index (χ0v) is 12.3. The molecular formula is C8H19N3O6P2+2. The Hall–Kier alpha value is -0.0800. The van der Waals surface area contributed by atoms with Gasteiger partial charge in [0.05, 0.1) is 0 Å². The topological polar surface area (TPSA) is 112 Å². The third-order valence-electron chi connectivity index (χ3n) is 2.64. The molecule has 0 aliphatic carbocycles. The van der Waals surface area contributed by atoms with E-state index in [1.165, 1.54) is 0 Å². The van der Waals surface area contributed by atoms with Gasteiger partial charge in [-0.25, -0.2) is 0 Å². The largest absolute Gasteiger partial charge is 0.696 e.